The van der Waals surface area contributed by atoms with Crippen LogP contribution in [-0.4, -0.2) is 16.3 Å². The lowest BCUT2D eigenvalue weighted by Gasteiger charge is -2.09. The van der Waals surface area contributed by atoms with Gasteiger partial charge in [0.15, 0.2) is 0 Å². The van der Waals surface area contributed by atoms with Gasteiger partial charge in [-0.3, -0.25) is 4.68 Å². The molecule has 0 unspecified atom stereocenters. The summed E-state index contributed by atoms with van der Waals surface area (Å²) in [5.74, 6) is 0. The van der Waals surface area contributed by atoms with Crippen LogP contribution < -0.4 is 5.32 Å². The number of hydrogen-bond acceptors (Lipinski definition) is 2. The SMILES string of the molecule is Cc1ccc(Cl)c(NCCn2cccn2)c1. The van der Waals surface area contributed by atoms with E-state index < -0.39 is 0 Å². The monoisotopic (exact) mass is 235 g/mol. The normalized spacial score (nSPS) is 10.4. The van der Waals surface area contributed by atoms with Crippen LogP contribution in [0.2, 0.25) is 5.02 Å². The highest BCUT2D eigenvalue weighted by molar-refractivity contribution is 6.33. The third-order valence-corrected chi connectivity index (χ3v) is 2.67. The molecule has 0 radical (unpaired) electrons. The van der Waals surface area contributed by atoms with E-state index >= 15 is 0 Å². The molecule has 1 heterocycles. The molecule has 0 amide bonds. The number of rotatable bonds is 4. The summed E-state index contributed by atoms with van der Waals surface area (Å²) in [5.41, 5.74) is 2.18. The Labute approximate surface area is 100 Å². The van der Waals surface area contributed by atoms with Gasteiger partial charge in [0, 0.05) is 18.9 Å². The topological polar surface area (TPSA) is 29.9 Å². The molecule has 16 heavy (non-hydrogen) atoms. The molecule has 1 aromatic carbocycles. The van der Waals surface area contributed by atoms with Crippen molar-refractivity contribution in [1.29, 1.82) is 0 Å². The molecule has 84 valence electrons. The van der Waals surface area contributed by atoms with Crippen molar-refractivity contribution < 1.29 is 0 Å². The first-order valence-corrected chi connectivity index (χ1v) is 5.61. The number of nitrogens with one attached hydrogen (secondary N) is 1. The molecule has 0 fully saturated rings. The van der Waals surface area contributed by atoms with Gasteiger partial charge in [-0.25, -0.2) is 0 Å². The predicted molar refractivity (Wildman–Crippen MR) is 66.9 cm³/mol. The summed E-state index contributed by atoms with van der Waals surface area (Å²) in [5, 5.41) is 8.19. The van der Waals surface area contributed by atoms with Crippen LogP contribution in [0.15, 0.2) is 36.7 Å². The van der Waals surface area contributed by atoms with Crippen molar-refractivity contribution in [2.75, 3.05) is 11.9 Å². The lowest BCUT2D eigenvalue weighted by molar-refractivity contribution is 0.638. The molecular formula is C12H14ClN3. The molecule has 0 saturated carbocycles. The Morgan fingerprint density at radius 2 is 2.31 bits per heavy atom. The van der Waals surface area contributed by atoms with E-state index in [-0.39, 0.29) is 0 Å². The maximum atomic E-state index is 6.07. The van der Waals surface area contributed by atoms with Crippen molar-refractivity contribution in [3.63, 3.8) is 0 Å². The van der Waals surface area contributed by atoms with E-state index in [1.807, 2.05) is 35.1 Å². The molecule has 0 spiro atoms. The maximum absolute atomic E-state index is 6.07. The fourth-order valence-corrected chi connectivity index (χ4v) is 1.70. The van der Waals surface area contributed by atoms with Crippen molar-refractivity contribution in [2.45, 2.75) is 13.5 Å². The lowest BCUT2D eigenvalue weighted by Crippen LogP contribution is -2.11. The Balaban J connectivity index is 1.92. The molecule has 0 bridgehead atoms. The van der Waals surface area contributed by atoms with Crippen molar-refractivity contribution in [3.8, 4) is 0 Å². The summed E-state index contributed by atoms with van der Waals surface area (Å²) in [6, 6.07) is 7.87. The van der Waals surface area contributed by atoms with E-state index in [1.165, 1.54) is 5.56 Å². The van der Waals surface area contributed by atoms with Crippen LogP contribution in [0.5, 0.6) is 0 Å². The standard InChI is InChI=1S/C12H14ClN3/c1-10-3-4-11(13)12(9-10)14-6-8-16-7-2-5-15-16/h2-5,7,9,14H,6,8H2,1H3. The zero-order valence-electron chi connectivity index (χ0n) is 9.15. The first-order chi connectivity index (χ1) is 7.75. The predicted octanol–water partition coefficient (Wildman–Crippen LogP) is 2.96. The molecule has 4 heteroatoms. The van der Waals surface area contributed by atoms with Crippen molar-refractivity contribution in [1.82, 2.24) is 9.78 Å². The van der Waals surface area contributed by atoms with Gasteiger partial charge in [-0.2, -0.15) is 5.10 Å². The summed E-state index contributed by atoms with van der Waals surface area (Å²) >= 11 is 6.07. The number of benzene rings is 1. The Hall–Kier alpha value is -1.48. The Morgan fingerprint density at radius 1 is 1.44 bits per heavy atom. The summed E-state index contributed by atoms with van der Waals surface area (Å²) in [7, 11) is 0. The molecule has 2 aromatic rings. The number of halogens is 1. The number of aromatic nitrogens is 2. The van der Waals surface area contributed by atoms with Crippen LogP contribution in [0.1, 0.15) is 5.56 Å². The largest absolute Gasteiger partial charge is 0.382 e. The lowest BCUT2D eigenvalue weighted by atomic mass is 10.2. The summed E-state index contributed by atoms with van der Waals surface area (Å²) in [6.45, 7) is 3.69. The third-order valence-electron chi connectivity index (χ3n) is 2.34. The summed E-state index contributed by atoms with van der Waals surface area (Å²) in [6.07, 6.45) is 3.72. The maximum Gasteiger partial charge on any atom is 0.0637 e. The van der Waals surface area contributed by atoms with Crippen LogP contribution in [0.25, 0.3) is 0 Å². The van der Waals surface area contributed by atoms with Gasteiger partial charge in [0.25, 0.3) is 0 Å². The van der Waals surface area contributed by atoms with E-state index in [4.69, 9.17) is 11.6 Å². The number of aryl methyl sites for hydroxylation is 1. The fourth-order valence-electron chi connectivity index (χ4n) is 1.51. The van der Waals surface area contributed by atoms with Crippen molar-refractivity contribution in [2.24, 2.45) is 0 Å². The molecule has 0 atom stereocenters. The second kappa shape index (κ2) is 5.03. The molecule has 1 N–H and O–H groups in total. The molecule has 1 aromatic heterocycles. The quantitative estimate of drug-likeness (QED) is 0.883. The minimum Gasteiger partial charge on any atom is -0.382 e. The van der Waals surface area contributed by atoms with Crippen molar-refractivity contribution >= 4 is 17.3 Å². The highest BCUT2D eigenvalue weighted by Crippen LogP contribution is 2.22. The Kier molecular flexibility index (Phi) is 3.47. The van der Waals surface area contributed by atoms with Crippen LogP contribution in [-0.2, 0) is 6.54 Å². The molecule has 0 aliphatic carbocycles. The highest BCUT2D eigenvalue weighted by Gasteiger charge is 1.99. The minimum atomic E-state index is 0.756. The molecular weight excluding hydrogens is 222 g/mol. The molecule has 3 nitrogen and oxygen atoms in total. The van der Waals surface area contributed by atoms with Crippen LogP contribution in [0, 0.1) is 6.92 Å². The fraction of sp³-hybridized carbons (Fsp3) is 0.250. The highest BCUT2D eigenvalue weighted by atomic mass is 35.5. The van der Waals surface area contributed by atoms with Gasteiger partial charge in [0.1, 0.15) is 0 Å². The number of hydrogen-bond donors (Lipinski definition) is 1. The van der Waals surface area contributed by atoms with Crippen LogP contribution >= 0.6 is 11.6 Å². The van der Waals surface area contributed by atoms with Gasteiger partial charge in [0.05, 0.1) is 17.3 Å². The van der Waals surface area contributed by atoms with Gasteiger partial charge in [-0.05, 0) is 30.7 Å². The minimum absolute atomic E-state index is 0.756. The Morgan fingerprint density at radius 3 is 3.06 bits per heavy atom. The first-order valence-electron chi connectivity index (χ1n) is 5.23. The average Bonchev–Trinajstić information content (AvgIpc) is 2.76. The number of anilines is 1. The van der Waals surface area contributed by atoms with Crippen LogP contribution in [0.3, 0.4) is 0 Å². The smallest absolute Gasteiger partial charge is 0.0637 e. The van der Waals surface area contributed by atoms with Gasteiger partial charge in [-0.1, -0.05) is 17.7 Å². The van der Waals surface area contributed by atoms with Gasteiger partial charge in [-0.15, -0.1) is 0 Å². The van der Waals surface area contributed by atoms with Crippen LogP contribution in [0.4, 0.5) is 5.69 Å². The van der Waals surface area contributed by atoms with Crippen molar-refractivity contribution in [3.05, 3.63) is 47.2 Å². The molecule has 0 aliphatic heterocycles. The van der Waals surface area contributed by atoms with E-state index in [0.717, 1.165) is 23.8 Å². The summed E-state index contributed by atoms with van der Waals surface area (Å²) < 4.78 is 1.89. The first kappa shape index (κ1) is 11.0. The zero-order chi connectivity index (χ0) is 11.4. The zero-order valence-corrected chi connectivity index (χ0v) is 9.91. The van der Waals surface area contributed by atoms with E-state index in [0.29, 0.717) is 0 Å². The van der Waals surface area contributed by atoms with E-state index in [9.17, 15) is 0 Å². The summed E-state index contributed by atoms with van der Waals surface area (Å²) in [4.78, 5) is 0. The number of nitrogens with zero attached hydrogens (tertiary/aromatic N) is 2. The molecule has 0 aliphatic rings. The van der Waals surface area contributed by atoms with E-state index in [1.54, 1.807) is 6.20 Å². The van der Waals surface area contributed by atoms with Gasteiger partial charge < -0.3 is 5.32 Å². The van der Waals surface area contributed by atoms with E-state index in [2.05, 4.69) is 17.3 Å². The molecule has 2 rings (SSSR count). The van der Waals surface area contributed by atoms with Gasteiger partial charge in [0.2, 0.25) is 0 Å². The average molecular weight is 236 g/mol. The third kappa shape index (κ3) is 2.76. The van der Waals surface area contributed by atoms with Gasteiger partial charge >= 0.3 is 0 Å². The Bertz CT molecular complexity index is 451. The molecule has 0 saturated heterocycles. The second-order valence-corrected chi connectivity index (χ2v) is 4.09. The second-order valence-electron chi connectivity index (χ2n) is 3.68.